The number of amides is 1. The van der Waals surface area contributed by atoms with Crippen LogP contribution in [0.15, 0.2) is 36.4 Å². The molecule has 4 nitrogen and oxygen atoms in total. The van der Waals surface area contributed by atoms with Crippen LogP contribution in [0.5, 0.6) is 5.75 Å². The summed E-state index contributed by atoms with van der Waals surface area (Å²) in [5, 5.41) is 11.9. The van der Waals surface area contributed by atoms with Gasteiger partial charge in [0, 0.05) is 11.1 Å². The number of nitrogens with two attached hydrogens (primary N) is 1. The van der Waals surface area contributed by atoms with Gasteiger partial charge in [0.05, 0.1) is 16.9 Å². The van der Waals surface area contributed by atoms with Gasteiger partial charge in [-0.3, -0.25) is 4.79 Å². The van der Waals surface area contributed by atoms with E-state index >= 15 is 0 Å². The van der Waals surface area contributed by atoms with E-state index < -0.39 is 11.7 Å². The number of aromatic hydroxyl groups is 1. The predicted molar refractivity (Wildman–Crippen MR) is 71.9 cm³/mol. The van der Waals surface area contributed by atoms with Gasteiger partial charge in [-0.1, -0.05) is 11.6 Å². The summed E-state index contributed by atoms with van der Waals surface area (Å²) in [5.41, 5.74) is 5.95. The number of benzene rings is 2. The average molecular weight is 281 g/mol. The summed E-state index contributed by atoms with van der Waals surface area (Å²) in [6.07, 6.45) is 0. The Morgan fingerprint density at radius 2 is 2.00 bits per heavy atom. The van der Waals surface area contributed by atoms with Crippen LogP contribution in [0.2, 0.25) is 5.02 Å². The summed E-state index contributed by atoms with van der Waals surface area (Å²) < 4.78 is 13.6. The highest BCUT2D eigenvalue weighted by Crippen LogP contribution is 2.24. The number of halogens is 2. The fourth-order valence-corrected chi connectivity index (χ4v) is 1.69. The monoisotopic (exact) mass is 280 g/mol. The van der Waals surface area contributed by atoms with Crippen molar-refractivity contribution in [3.05, 3.63) is 52.8 Å². The molecule has 0 atom stereocenters. The zero-order valence-corrected chi connectivity index (χ0v) is 10.4. The first-order valence-corrected chi connectivity index (χ1v) is 5.70. The molecule has 19 heavy (non-hydrogen) atoms. The van der Waals surface area contributed by atoms with Crippen molar-refractivity contribution in [3.8, 4) is 5.75 Å². The minimum Gasteiger partial charge on any atom is -0.508 e. The highest BCUT2D eigenvalue weighted by molar-refractivity contribution is 6.30. The number of carbonyl (C=O) groups is 1. The molecule has 6 heteroatoms. The first kappa shape index (κ1) is 13.2. The van der Waals surface area contributed by atoms with Crippen LogP contribution in [0.1, 0.15) is 10.4 Å². The third-order valence-corrected chi connectivity index (χ3v) is 2.69. The topological polar surface area (TPSA) is 75.3 Å². The fraction of sp³-hybridized carbons (Fsp3) is 0. The summed E-state index contributed by atoms with van der Waals surface area (Å²) in [5.74, 6) is -1.39. The van der Waals surface area contributed by atoms with Crippen molar-refractivity contribution >= 4 is 28.9 Å². The van der Waals surface area contributed by atoms with Gasteiger partial charge in [0.15, 0.2) is 0 Å². The van der Waals surface area contributed by atoms with Gasteiger partial charge in [-0.25, -0.2) is 4.39 Å². The molecule has 0 unspecified atom stereocenters. The second-order valence-electron chi connectivity index (χ2n) is 3.85. The quantitative estimate of drug-likeness (QED) is 0.585. The normalized spacial score (nSPS) is 10.2. The van der Waals surface area contributed by atoms with Crippen LogP contribution >= 0.6 is 11.6 Å². The maximum Gasteiger partial charge on any atom is 0.258 e. The molecular weight excluding hydrogens is 271 g/mol. The molecule has 98 valence electrons. The lowest BCUT2D eigenvalue weighted by molar-refractivity contribution is 0.102. The van der Waals surface area contributed by atoms with Crippen LogP contribution < -0.4 is 11.1 Å². The highest BCUT2D eigenvalue weighted by atomic mass is 35.5. The standard InChI is InChI=1S/C13H10ClFN2O2/c14-7-1-3-9(10(15)5-7)13(19)17-12-4-2-8(18)6-11(12)16/h1-6,18H,16H2,(H,17,19). The number of hydrogen-bond donors (Lipinski definition) is 3. The maximum atomic E-state index is 13.6. The number of nitrogen functional groups attached to an aromatic ring is 1. The van der Waals surface area contributed by atoms with Crippen LogP contribution in [0.4, 0.5) is 15.8 Å². The zero-order valence-electron chi connectivity index (χ0n) is 9.65. The van der Waals surface area contributed by atoms with E-state index in [1.54, 1.807) is 0 Å². The third kappa shape index (κ3) is 2.95. The van der Waals surface area contributed by atoms with E-state index in [0.717, 1.165) is 6.07 Å². The minimum atomic E-state index is -0.720. The first-order chi connectivity index (χ1) is 8.97. The first-order valence-electron chi connectivity index (χ1n) is 5.32. The van der Waals surface area contributed by atoms with Crippen molar-refractivity contribution in [2.45, 2.75) is 0 Å². The smallest absolute Gasteiger partial charge is 0.258 e. The van der Waals surface area contributed by atoms with Gasteiger partial charge in [0.25, 0.3) is 5.91 Å². The van der Waals surface area contributed by atoms with Gasteiger partial charge in [0.2, 0.25) is 0 Å². The highest BCUT2D eigenvalue weighted by Gasteiger charge is 2.13. The fourth-order valence-electron chi connectivity index (χ4n) is 1.53. The van der Waals surface area contributed by atoms with Gasteiger partial charge in [0.1, 0.15) is 11.6 Å². The molecule has 0 heterocycles. The summed E-state index contributed by atoms with van der Waals surface area (Å²) in [6.45, 7) is 0. The Morgan fingerprint density at radius 3 is 2.63 bits per heavy atom. The summed E-state index contributed by atoms with van der Waals surface area (Å²) >= 11 is 5.60. The summed E-state index contributed by atoms with van der Waals surface area (Å²) in [6, 6.07) is 7.83. The molecule has 2 aromatic rings. The molecular formula is C13H10ClFN2O2. The SMILES string of the molecule is Nc1cc(O)ccc1NC(=O)c1ccc(Cl)cc1F. The number of phenols is 1. The summed E-state index contributed by atoms with van der Waals surface area (Å²) in [4.78, 5) is 11.9. The van der Waals surface area contributed by atoms with Crippen molar-refractivity contribution in [2.75, 3.05) is 11.1 Å². The van der Waals surface area contributed by atoms with Gasteiger partial charge in [-0.2, -0.15) is 0 Å². The van der Waals surface area contributed by atoms with Crippen LogP contribution in [0, 0.1) is 5.82 Å². The molecule has 0 spiro atoms. The number of phenolic OH excluding ortho intramolecular Hbond substituents is 1. The Morgan fingerprint density at radius 1 is 1.26 bits per heavy atom. The maximum absolute atomic E-state index is 13.6. The van der Waals surface area contributed by atoms with E-state index in [2.05, 4.69) is 5.32 Å². The molecule has 4 N–H and O–H groups in total. The number of nitrogens with one attached hydrogen (secondary N) is 1. The van der Waals surface area contributed by atoms with E-state index in [4.69, 9.17) is 17.3 Å². The molecule has 0 saturated carbocycles. The molecule has 2 aromatic carbocycles. The third-order valence-electron chi connectivity index (χ3n) is 2.46. The van der Waals surface area contributed by atoms with Gasteiger partial charge >= 0.3 is 0 Å². The van der Waals surface area contributed by atoms with Crippen molar-refractivity contribution in [1.29, 1.82) is 0 Å². The van der Waals surface area contributed by atoms with Crippen molar-refractivity contribution < 1.29 is 14.3 Å². The molecule has 0 bridgehead atoms. The van der Waals surface area contributed by atoms with Crippen molar-refractivity contribution in [2.24, 2.45) is 0 Å². The molecule has 1 amide bonds. The molecule has 0 aromatic heterocycles. The summed E-state index contributed by atoms with van der Waals surface area (Å²) in [7, 11) is 0. The lowest BCUT2D eigenvalue weighted by Crippen LogP contribution is -2.14. The Bertz CT molecular complexity index is 647. The number of carbonyl (C=O) groups excluding carboxylic acids is 1. The predicted octanol–water partition coefficient (Wildman–Crippen LogP) is 3.02. The molecule has 2 rings (SSSR count). The van der Waals surface area contributed by atoms with Crippen LogP contribution in [-0.4, -0.2) is 11.0 Å². The van der Waals surface area contributed by atoms with Crippen LogP contribution in [0.25, 0.3) is 0 Å². The number of hydrogen-bond acceptors (Lipinski definition) is 3. The van der Waals surface area contributed by atoms with Gasteiger partial charge in [-0.15, -0.1) is 0 Å². The van der Waals surface area contributed by atoms with E-state index in [0.29, 0.717) is 0 Å². The molecule has 0 fully saturated rings. The Kier molecular flexibility index (Phi) is 3.57. The second-order valence-corrected chi connectivity index (χ2v) is 4.29. The minimum absolute atomic E-state index is 0.0202. The number of anilines is 2. The van der Waals surface area contributed by atoms with E-state index in [9.17, 15) is 14.3 Å². The Balaban J connectivity index is 2.25. The average Bonchev–Trinajstić information content (AvgIpc) is 2.32. The van der Waals surface area contributed by atoms with Gasteiger partial charge < -0.3 is 16.2 Å². The van der Waals surface area contributed by atoms with Crippen molar-refractivity contribution in [3.63, 3.8) is 0 Å². The van der Waals surface area contributed by atoms with E-state index in [1.807, 2.05) is 0 Å². The molecule has 0 aliphatic heterocycles. The second kappa shape index (κ2) is 5.16. The zero-order chi connectivity index (χ0) is 14.0. The van der Waals surface area contributed by atoms with Gasteiger partial charge in [-0.05, 0) is 30.3 Å². The Hall–Kier alpha value is -2.27. The number of rotatable bonds is 2. The molecule has 0 aliphatic rings. The van der Waals surface area contributed by atoms with E-state index in [-0.39, 0.29) is 27.7 Å². The lowest BCUT2D eigenvalue weighted by atomic mass is 10.2. The lowest BCUT2D eigenvalue weighted by Gasteiger charge is -2.09. The molecule has 0 radical (unpaired) electrons. The Labute approximate surface area is 113 Å². The van der Waals surface area contributed by atoms with E-state index in [1.165, 1.54) is 30.3 Å². The largest absolute Gasteiger partial charge is 0.508 e. The molecule has 0 saturated heterocycles. The van der Waals surface area contributed by atoms with Crippen LogP contribution in [0.3, 0.4) is 0 Å². The molecule has 0 aliphatic carbocycles. The van der Waals surface area contributed by atoms with Crippen LogP contribution in [-0.2, 0) is 0 Å². The van der Waals surface area contributed by atoms with Crippen molar-refractivity contribution in [1.82, 2.24) is 0 Å².